The molecule has 2 amide bonds. The zero-order chi connectivity index (χ0) is 12.6. The second kappa shape index (κ2) is 7.63. The Morgan fingerprint density at radius 2 is 2.00 bits per heavy atom. The van der Waals surface area contributed by atoms with Crippen LogP contribution in [0.1, 0.15) is 13.3 Å². The Kier molecular flexibility index (Phi) is 6.86. The predicted molar refractivity (Wildman–Crippen MR) is 54.9 cm³/mol. The molecule has 0 atom stereocenters. The molecule has 0 radical (unpaired) electrons. The highest BCUT2D eigenvalue weighted by Gasteiger charge is 2.11. The number of nitrogens with one attached hydrogen (secondary N) is 1. The summed E-state index contributed by atoms with van der Waals surface area (Å²) in [5, 5.41) is 10.4. The zero-order valence-corrected chi connectivity index (χ0v) is 9.36. The van der Waals surface area contributed by atoms with Crippen molar-refractivity contribution in [3.05, 3.63) is 0 Å². The third-order valence-corrected chi connectivity index (χ3v) is 1.64. The lowest BCUT2D eigenvalue weighted by Crippen LogP contribution is -2.39. The summed E-state index contributed by atoms with van der Waals surface area (Å²) in [5.74, 6) is -1.45. The van der Waals surface area contributed by atoms with Crippen LogP contribution in [0.2, 0.25) is 0 Å². The number of carboxylic acid groups (broad SMARTS) is 1. The van der Waals surface area contributed by atoms with Crippen LogP contribution >= 0.6 is 0 Å². The number of carbonyl (C=O) groups is 3. The van der Waals surface area contributed by atoms with Gasteiger partial charge in [0.1, 0.15) is 0 Å². The summed E-state index contributed by atoms with van der Waals surface area (Å²) in [5.41, 5.74) is 0. The first-order valence-corrected chi connectivity index (χ1v) is 4.82. The number of amides is 2. The van der Waals surface area contributed by atoms with E-state index in [0.29, 0.717) is 0 Å². The number of hydrogen-bond donors (Lipinski definition) is 2. The fourth-order valence-corrected chi connectivity index (χ4v) is 0.931. The molecule has 0 unspecified atom stereocenters. The van der Waals surface area contributed by atoms with Gasteiger partial charge in [-0.3, -0.25) is 19.8 Å². The number of alkyl carbamates (subject to hydrolysis) is 1. The summed E-state index contributed by atoms with van der Waals surface area (Å²) in [6.07, 6.45) is -0.845. The Morgan fingerprint density at radius 3 is 2.50 bits per heavy atom. The van der Waals surface area contributed by atoms with Crippen molar-refractivity contribution < 1.29 is 24.2 Å². The molecule has 0 aromatic carbocycles. The Labute approximate surface area is 93.4 Å². The van der Waals surface area contributed by atoms with Gasteiger partial charge in [0.2, 0.25) is 5.91 Å². The second-order valence-corrected chi connectivity index (χ2v) is 3.15. The van der Waals surface area contributed by atoms with Gasteiger partial charge in [-0.25, -0.2) is 4.79 Å². The summed E-state index contributed by atoms with van der Waals surface area (Å²) in [7, 11) is 1.59. The Bertz CT molecular complexity index is 267. The quantitative estimate of drug-likeness (QED) is 0.650. The second-order valence-electron chi connectivity index (χ2n) is 3.15. The van der Waals surface area contributed by atoms with Crippen LogP contribution in [0.4, 0.5) is 4.79 Å². The molecule has 0 rings (SSSR count). The van der Waals surface area contributed by atoms with E-state index >= 15 is 0 Å². The smallest absolute Gasteiger partial charge is 0.413 e. The van der Waals surface area contributed by atoms with Gasteiger partial charge in [-0.2, -0.15) is 0 Å². The van der Waals surface area contributed by atoms with Crippen LogP contribution < -0.4 is 5.32 Å². The lowest BCUT2D eigenvalue weighted by Gasteiger charge is -2.14. The Balaban J connectivity index is 3.77. The SMILES string of the molecule is CCOC(=O)NC(=O)CN(C)CCC(=O)O. The molecule has 0 saturated heterocycles. The summed E-state index contributed by atoms with van der Waals surface area (Å²) in [4.78, 5) is 33.8. The van der Waals surface area contributed by atoms with Crippen LogP contribution in [0.25, 0.3) is 0 Å². The third kappa shape index (κ3) is 7.74. The molecule has 0 aliphatic heterocycles. The molecule has 0 spiro atoms. The third-order valence-electron chi connectivity index (χ3n) is 1.64. The molecule has 0 bridgehead atoms. The minimum atomic E-state index is -0.933. The number of hydrogen-bond acceptors (Lipinski definition) is 5. The molecule has 16 heavy (non-hydrogen) atoms. The Morgan fingerprint density at radius 1 is 1.38 bits per heavy atom. The van der Waals surface area contributed by atoms with Crippen molar-refractivity contribution in [1.82, 2.24) is 10.2 Å². The normalized spacial score (nSPS) is 9.94. The van der Waals surface area contributed by atoms with Gasteiger partial charge < -0.3 is 9.84 Å². The number of carbonyl (C=O) groups excluding carboxylic acids is 2. The molecule has 0 heterocycles. The van der Waals surface area contributed by atoms with Gasteiger partial charge in [-0.05, 0) is 14.0 Å². The topological polar surface area (TPSA) is 95.9 Å². The lowest BCUT2D eigenvalue weighted by molar-refractivity contribution is -0.137. The average molecular weight is 232 g/mol. The van der Waals surface area contributed by atoms with E-state index < -0.39 is 18.0 Å². The fourth-order valence-electron chi connectivity index (χ4n) is 0.931. The van der Waals surface area contributed by atoms with E-state index in [4.69, 9.17) is 5.11 Å². The van der Waals surface area contributed by atoms with Crippen molar-refractivity contribution in [3.63, 3.8) is 0 Å². The van der Waals surface area contributed by atoms with E-state index in [9.17, 15) is 14.4 Å². The van der Waals surface area contributed by atoms with Crippen LogP contribution in [-0.4, -0.2) is 54.7 Å². The molecule has 0 aromatic heterocycles. The zero-order valence-electron chi connectivity index (χ0n) is 9.36. The first-order valence-electron chi connectivity index (χ1n) is 4.82. The summed E-state index contributed by atoms with van der Waals surface area (Å²) < 4.78 is 4.51. The van der Waals surface area contributed by atoms with Crippen LogP contribution in [0.15, 0.2) is 0 Å². The van der Waals surface area contributed by atoms with Gasteiger partial charge in [-0.15, -0.1) is 0 Å². The molecular formula is C9H16N2O5. The minimum Gasteiger partial charge on any atom is -0.481 e. The van der Waals surface area contributed by atoms with Gasteiger partial charge >= 0.3 is 12.1 Å². The maximum atomic E-state index is 11.2. The molecule has 0 fully saturated rings. The predicted octanol–water partition coefficient (Wildman–Crippen LogP) is -0.334. The van der Waals surface area contributed by atoms with Gasteiger partial charge in [-0.1, -0.05) is 0 Å². The van der Waals surface area contributed by atoms with Gasteiger partial charge in [0.15, 0.2) is 0 Å². The Hall–Kier alpha value is -1.63. The molecular weight excluding hydrogens is 216 g/mol. The van der Waals surface area contributed by atoms with E-state index in [1.54, 1.807) is 14.0 Å². The first kappa shape index (κ1) is 14.4. The number of carboxylic acids is 1. The van der Waals surface area contributed by atoms with Crippen molar-refractivity contribution in [3.8, 4) is 0 Å². The molecule has 2 N–H and O–H groups in total. The van der Waals surface area contributed by atoms with Gasteiger partial charge in [0.05, 0.1) is 19.6 Å². The van der Waals surface area contributed by atoms with Crippen molar-refractivity contribution in [1.29, 1.82) is 0 Å². The van der Waals surface area contributed by atoms with Crippen LogP contribution in [0.5, 0.6) is 0 Å². The maximum absolute atomic E-state index is 11.2. The van der Waals surface area contributed by atoms with E-state index in [0.717, 1.165) is 0 Å². The highest BCUT2D eigenvalue weighted by molar-refractivity contribution is 5.92. The van der Waals surface area contributed by atoms with Crippen LogP contribution in [-0.2, 0) is 14.3 Å². The van der Waals surface area contributed by atoms with Crippen molar-refractivity contribution in [2.24, 2.45) is 0 Å². The standard InChI is InChI=1S/C9H16N2O5/c1-3-16-9(15)10-7(12)6-11(2)5-4-8(13)14/h3-6H2,1-2H3,(H,13,14)(H,10,12,15). The van der Waals surface area contributed by atoms with E-state index in [1.807, 2.05) is 5.32 Å². The maximum Gasteiger partial charge on any atom is 0.413 e. The number of nitrogens with zero attached hydrogens (tertiary/aromatic N) is 1. The molecule has 7 nitrogen and oxygen atoms in total. The van der Waals surface area contributed by atoms with Crippen molar-refractivity contribution >= 4 is 18.0 Å². The lowest BCUT2D eigenvalue weighted by atomic mass is 10.4. The largest absolute Gasteiger partial charge is 0.481 e. The number of aliphatic carboxylic acids is 1. The molecule has 0 aliphatic rings. The monoisotopic (exact) mass is 232 g/mol. The fraction of sp³-hybridized carbons (Fsp3) is 0.667. The molecule has 0 saturated carbocycles. The molecule has 7 heteroatoms. The van der Waals surface area contributed by atoms with Crippen molar-refractivity contribution in [2.75, 3.05) is 26.7 Å². The van der Waals surface area contributed by atoms with Crippen LogP contribution in [0, 0.1) is 0 Å². The number of ether oxygens (including phenoxy) is 1. The van der Waals surface area contributed by atoms with Crippen LogP contribution in [0.3, 0.4) is 0 Å². The van der Waals surface area contributed by atoms with E-state index in [-0.39, 0.29) is 26.1 Å². The summed E-state index contributed by atoms with van der Waals surface area (Å²) in [6, 6.07) is 0. The van der Waals surface area contributed by atoms with E-state index in [1.165, 1.54) is 4.90 Å². The first-order chi connectivity index (χ1) is 7.45. The van der Waals surface area contributed by atoms with Crippen molar-refractivity contribution in [2.45, 2.75) is 13.3 Å². The molecule has 92 valence electrons. The minimum absolute atomic E-state index is 0.0495. The summed E-state index contributed by atoms with van der Waals surface area (Å²) >= 11 is 0. The number of rotatable bonds is 6. The molecule has 0 aromatic rings. The highest BCUT2D eigenvalue weighted by Crippen LogP contribution is 1.87. The highest BCUT2D eigenvalue weighted by atomic mass is 16.5. The average Bonchev–Trinajstić information content (AvgIpc) is 2.14. The number of imide groups is 1. The van der Waals surface area contributed by atoms with Gasteiger partial charge in [0.25, 0.3) is 0 Å². The van der Waals surface area contributed by atoms with Gasteiger partial charge in [0, 0.05) is 6.54 Å². The molecule has 0 aliphatic carbocycles. The number of likely N-dealkylation sites (N-methyl/N-ethyl adjacent to an activating group) is 1. The summed E-state index contributed by atoms with van der Waals surface area (Å²) in [6.45, 7) is 2.01. The van der Waals surface area contributed by atoms with E-state index in [2.05, 4.69) is 4.74 Å².